The lowest BCUT2D eigenvalue weighted by Crippen LogP contribution is -2.46. The Kier molecular flexibility index (Phi) is 6.77. The maximum Gasteiger partial charge on any atom is 0.243 e. The van der Waals surface area contributed by atoms with E-state index in [9.17, 15) is 18.0 Å². The molecule has 0 unspecified atom stereocenters. The maximum atomic E-state index is 12.9. The van der Waals surface area contributed by atoms with Gasteiger partial charge in [0, 0.05) is 30.7 Å². The maximum absolute atomic E-state index is 12.9. The number of amides is 1. The first kappa shape index (κ1) is 21.5. The van der Waals surface area contributed by atoms with Crippen LogP contribution in [0.5, 0.6) is 0 Å². The molecule has 1 aliphatic heterocycles. The molecule has 0 bridgehead atoms. The Morgan fingerprint density at radius 1 is 1.04 bits per heavy atom. The number of nitrogens with zero attached hydrogens (tertiary/aromatic N) is 2. The summed E-state index contributed by atoms with van der Waals surface area (Å²) in [7, 11) is -3.61. The number of sulfonamides is 1. The van der Waals surface area contributed by atoms with Crippen LogP contribution in [-0.4, -0.2) is 67.6 Å². The third-order valence-corrected chi connectivity index (χ3v) is 6.24. The molecule has 1 saturated heterocycles. The van der Waals surface area contributed by atoms with Gasteiger partial charge in [0.05, 0.1) is 11.4 Å². The van der Waals surface area contributed by atoms with E-state index in [2.05, 4.69) is 5.32 Å². The number of hydrogen-bond acceptors (Lipinski definition) is 5. The number of carbonyl (C=O) groups is 2. The van der Waals surface area contributed by atoms with Crippen molar-refractivity contribution in [3.05, 3.63) is 29.8 Å². The SMILES string of the molecule is CC(=O)c1ccc(S(=O)(=O)N2CCCN(CC(=O)NC(C)(C)C)CC2)cc1. The predicted octanol–water partition coefficient (Wildman–Crippen LogP) is 1.50. The molecule has 1 N–H and O–H groups in total. The second-order valence-corrected chi connectivity index (χ2v) is 9.85. The first-order chi connectivity index (χ1) is 12.5. The van der Waals surface area contributed by atoms with Crippen molar-refractivity contribution in [3.8, 4) is 0 Å². The zero-order valence-corrected chi connectivity index (χ0v) is 17.3. The fraction of sp³-hybridized carbons (Fsp3) is 0.579. The Labute approximate surface area is 161 Å². The third kappa shape index (κ3) is 6.12. The Balaban J connectivity index is 2.02. The summed E-state index contributed by atoms with van der Waals surface area (Å²) in [5, 5.41) is 2.93. The Bertz CT molecular complexity index is 782. The molecule has 0 aliphatic carbocycles. The number of Topliss-reactive ketones (excluding diaryl/α,β-unsaturated/α-hetero) is 1. The van der Waals surface area contributed by atoms with Crippen LogP contribution in [0.3, 0.4) is 0 Å². The number of ketones is 1. The molecule has 1 aromatic rings. The van der Waals surface area contributed by atoms with E-state index in [1.807, 2.05) is 25.7 Å². The van der Waals surface area contributed by atoms with Gasteiger partial charge in [-0.1, -0.05) is 12.1 Å². The van der Waals surface area contributed by atoms with Crippen LogP contribution in [0.25, 0.3) is 0 Å². The fourth-order valence-corrected chi connectivity index (χ4v) is 4.49. The molecule has 27 heavy (non-hydrogen) atoms. The lowest BCUT2D eigenvalue weighted by Gasteiger charge is -2.25. The normalized spacial score (nSPS) is 17.3. The highest BCUT2D eigenvalue weighted by atomic mass is 32.2. The molecule has 0 radical (unpaired) electrons. The highest BCUT2D eigenvalue weighted by Crippen LogP contribution is 2.18. The van der Waals surface area contributed by atoms with Crippen LogP contribution in [0.15, 0.2) is 29.2 Å². The van der Waals surface area contributed by atoms with Crippen molar-refractivity contribution in [2.24, 2.45) is 0 Å². The molecule has 0 aromatic heterocycles. The zero-order valence-electron chi connectivity index (χ0n) is 16.5. The van der Waals surface area contributed by atoms with Crippen molar-refractivity contribution in [1.29, 1.82) is 0 Å². The fourth-order valence-electron chi connectivity index (χ4n) is 3.02. The molecule has 8 heteroatoms. The standard InChI is InChI=1S/C19H29N3O4S/c1-15(23)16-6-8-17(9-7-16)27(25,26)22-11-5-10-21(12-13-22)14-18(24)20-19(2,3)4/h6-9H,5,10-14H2,1-4H3,(H,20,24). The monoisotopic (exact) mass is 395 g/mol. The van der Waals surface area contributed by atoms with Crippen molar-refractivity contribution >= 4 is 21.7 Å². The highest BCUT2D eigenvalue weighted by molar-refractivity contribution is 7.89. The van der Waals surface area contributed by atoms with E-state index in [0.717, 1.165) is 0 Å². The third-order valence-electron chi connectivity index (χ3n) is 4.33. The van der Waals surface area contributed by atoms with Crippen molar-refractivity contribution in [2.45, 2.75) is 44.6 Å². The summed E-state index contributed by atoms with van der Waals surface area (Å²) >= 11 is 0. The van der Waals surface area contributed by atoms with E-state index in [4.69, 9.17) is 0 Å². The van der Waals surface area contributed by atoms with Crippen LogP contribution in [0.4, 0.5) is 0 Å². The number of nitrogens with one attached hydrogen (secondary N) is 1. The van der Waals surface area contributed by atoms with Crippen LogP contribution in [0.1, 0.15) is 44.5 Å². The van der Waals surface area contributed by atoms with Crippen molar-refractivity contribution in [3.63, 3.8) is 0 Å². The second kappa shape index (κ2) is 8.50. The summed E-state index contributed by atoms with van der Waals surface area (Å²) in [5.74, 6) is -0.156. The van der Waals surface area contributed by atoms with Crippen LogP contribution >= 0.6 is 0 Å². The average Bonchev–Trinajstić information content (AvgIpc) is 2.79. The number of benzene rings is 1. The molecule has 1 fully saturated rings. The van der Waals surface area contributed by atoms with Gasteiger partial charge in [0.2, 0.25) is 15.9 Å². The van der Waals surface area contributed by atoms with Gasteiger partial charge in [-0.2, -0.15) is 4.31 Å². The van der Waals surface area contributed by atoms with Gasteiger partial charge in [-0.25, -0.2) is 8.42 Å². The van der Waals surface area contributed by atoms with Gasteiger partial charge in [-0.15, -0.1) is 0 Å². The van der Waals surface area contributed by atoms with E-state index >= 15 is 0 Å². The summed E-state index contributed by atoms with van der Waals surface area (Å²) in [5.41, 5.74) is 0.200. The van der Waals surface area contributed by atoms with Crippen molar-refractivity contribution in [1.82, 2.24) is 14.5 Å². The van der Waals surface area contributed by atoms with Crippen LogP contribution in [-0.2, 0) is 14.8 Å². The summed E-state index contributed by atoms with van der Waals surface area (Å²) in [6, 6.07) is 6.03. The lowest BCUT2D eigenvalue weighted by atomic mass is 10.1. The summed E-state index contributed by atoms with van der Waals surface area (Å²) in [4.78, 5) is 25.6. The van der Waals surface area contributed by atoms with Gasteiger partial charge in [-0.3, -0.25) is 14.5 Å². The summed E-state index contributed by atoms with van der Waals surface area (Å²) in [6.07, 6.45) is 0.660. The Morgan fingerprint density at radius 2 is 1.67 bits per heavy atom. The number of carbonyl (C=O) groups excluding carboxylic acids is 2. The molecule has 7 nitrogen and oxygen atoms in total. The second-order valence-electron chi connectivity index (χ2n) is 7.91. The zero-order chi connectivity index (χ0) is 20.2. The molecular weight excluding hydrogens is 366 g/mol. The minimum absolute atomic E-state index is 0.0568. The minimum atomic E-state index is -3.61. The van der Waals surface area contributed by atoms with Gasteiger partial charge in [0.1, 0.15) is 0 Å². The molecule has 1 amide bonds. The molecule has 2 rings (SSSR count). The van der Waals surface area contributed by atoms with E-state index < -0.39 is 10.0 Å². The molecule has 1 heterocycles. The number of rotatable bonds is 5. The number of hydrogen-bond donors (Lipinski definition) is 1. The Morgan fingerprint density at radius 3 is 2.22 bits per heavy atom. The molecule has 1 aromatic carbocycles. The smallest absolute Gasteiger partial charge is 0.243 e. The highest BCUT2D eigenvalue weighted by Gasteiger charge is 2.27. The van der Waals surface area contributed by atoms with Gasteiger partial charge < -0.3 is 5.32 Å². The first-order valence-corrected chi connectivity index (χ1v) is 10.6. The van der Waals surface area contributed by atoms with Crippen LogP contribution < -0.4 is 5.32 Å². The summed E-state index contributed by atoms with van der Waals surface area (Å²) < 4.78 is 27.2. The quantitative estimate of drug-likeness (QED) is 0.764. The first-order valence-electron chi connectivity index (χ1n) is 9.13. The lowest BCUT2D eigenvalue weighted by molar-refractivity contribution is -0.123. The van der Waals surface area contributed by atoms with Crippen LogP contribution in [0, 0.1) is 0 Å². The molecule has 150 valence electrons. The van der Waals surface area contributed by atoms with E-state index in [1.54, 1.807) is 0 Å². The molecule has 1 aliphatic rings. The molecule has 0 spiro atoms. The van der Waals surface area contributed by atoms with E-state index in [-0.39, 0.29) is 28.7 Å². The van der Waals surface area contributed by atoms with Gasteiger partial charge in [0.15, 0.2) is 5.78 Å². The molecular formula is C19H29N3O4S. The van der Waals surface area contributed by atoms with Crippen molar-refractivity contribution < 1.29 is 18.0 Å². The van der Waals surface area contributed by atoms with E-state index in [0.29, 0.717) is 38.2 Å². The van der Waals surface area contributed by atoms with Gasteiger partial charge in [-0.05, 0) is 52.8 Å². The topological polar surface area (TPSA) is 86.8 Å². The van der Waals surface area contributed by atoms with E-state index in [1.165, 1.54) is 35.5 Å². The Hall–Kier alpha value is -1.77. The molecule has 0 atom stereocenters. The average molecular weight is 396 g/mol. The largest absolute Gasteiger partial charge is 0.350 e. The van der Waals surface area contributed by atoms with Crippen LogP contribution in [0.2, 0.25) is 0 Å². The minimum Gasteiger partial charge on any atom is -0.350 e. The summed E-state index contributed by atoms with van der Waals surface area (Å²) in [6.45, 7) is 9.42. The van der Waals surface area contributed by atoms with Gasteiger partial charge >= 0.3 is 0 Å². The van der Waals surface area contributed by atoms with Crippen molar-refractivity contribution in [2.75, 3.05) is 32.7 Å². The van der Waals surface area contributed by atoms with Gasteiger partial charge in [0.25, 0.3) is 0 Å². The molecule has 0 saturated carbocycles. The predicted molar refractivity (Wildman–Crippen MR) is 104 cm³/mol.